The van der Waals surface area contributed by atoms with E-state index in [0.29, 0.717) is 25.7 Å². The fourth-order valence-electron chi connectivity index (χ4n) is 5.22. The minimum absolute atomic E-state index is 0.0600. The number of carboxylic acids is 1. The SMILES string of the molecule is CCCC(NC(=O)OCC1c2ccccc2-c2ccccc21)C(=O)NC1CCCCC1C(=O)O. The van der Waals surface area contributed by atoms with Gasteiger partial charge in [0.25, 0.3) is 0 Å². The number of hydrogen-bond donors (Lipinski definition) is 3. The number of carbonyl (C=O) groups is 3. The van der Waals surface area contributed by atoms with Gasteiger partial charge in [0.1, 0.15) is 12.6 Å². The number of carboxylic acid groups (broad SMARTS) is 1. The van der Waals surface area contributed by atoms with Crippen LogP contribution < -0.4 is 10.6 Å². The molecule has 0 bridgehead atoms. The molecule has 3 unspecified atom stereocenters. The first-order chi connectivity index (χ1) is 16.5. The Morgan fingerprint density at radius 2 is 1.62 bits per heavy atom. The lowest BCUT2D eigenvalue weighted by molar-refractivity contribution is -0.144. The van der Waals surface area contributed by atoms with Crippen molar-refractivity contribution in [3.05, 3.63) is 59.7 Å². The average Bonchev–Trinajstić information content (AvgIpc) is 3.16. The number of ether oxygens (including phenoxy) is 1. The Labute approximate surface area is 199 Å². The second-order valence-corrected chi connectivity index (χ2v) is 9.16. The molecule has 3 atom stereocenters. The highest BCUT2D eigenvalue weighted by Gasteiger charge is 2.34. The molecule has 2 aliphatic rings. The van der Waals surface area contributed by atoms with Crippen LogP contribution in [0.4, 0.5) is 4.79 Å². The van der Waals surface area contributed by atoms with Crippen molar-refractivity contribution in [1.29, 1.82) is 0 Å². The van der Waals surface area contributed by atoms with Gasteiger partial charge in [-0.2, -0.15) is 0 Å². The summed E-state index contributed by atoms with van der Waals surface area (Å²) in [4.78, 5) is 37.2. The molecular formula is C27H32N2O5. The number of benzene rings is 2. The average molecular weight is 465 g/mol. The second kappa shape index (κ2) is 10.7. The minimum Gasteiger partial charge on any atom is -0.481 e. The Bertz CT molecular complexity index is 1010. The van der Waals surface area contributed by atoms with Crippen molar-refractivity contribution in [2.75, 3.05) is 6.61 Å². The van der Waals surface area contributed by atoms with E-state index >= 15 is 0 Å². The summed E-state index contributed by atoms with van der Waals surface area (Å²) in [6.45, 7) is 2.10. The number of nitrogens with one attached hydrogen (secondary N) is 2. The normalized spacial score (nSPS) is 20.0. The zero-order valence-electron chi connectivity index (χ0n) is 19.5. The van der Waals surface area contributed by atoms with E-state index in [-0.39, 0.29) is 18.4 Å². The largest absolute Gasteiger partial charge is 0.481 e. The third-order valence-corrected chi connectivity index (χ3v) is 6.94. The molecule has 0 aliphatic heterocycles. The molecule has 2 aromatic carbocycles. The lowest BCUT2D eigenvalue weighted by Crippen LogP contribution is -2.53. The molecule has 3 N–H and O–H groups in total. The van der Waals surface area contributed by atoms with Crippen LogP contribution in [0.1, 0.15) is 62.5 Å². The predicted octanol–water partition coefficient (Wildman–Crippen LogP) is 4.45. The Morgan fingerprint density at radius 3 is 2.24 bits per heavy atom. The van der Waals surface area contributed by atoms with Crippen LogP contribution in [0.25, 0.3) is 11.1 Å². The van der Waals surface area contributed by atoms with E-state index in [9.17, 15) is 19.5 Å². The second-order valence-electron chi connectivity index (χ2n) is 9.16. The fraction of sp³-hybridized carbons (Fsp3) is 0.444. The van der Waals surface area contributed by atoms with Gasteiger partial charge in [0, 0.05) is 12.0 Å². The number of amides is 2. The molecule has 7 heteroatoms. The van der Waals surface area contributed by atoms with Crippen molar-refractivity contribution in [2.45, 2.75) is 63.5 Å². The van der Waals surface area contributed by atoms with E-state index < -0.39 is 30.1 Å². The molecular weight excluding hydrogens is 432 g/mol. The number of alkyl carbamates (subject to hydrolysis) is 1. The fourth-order valence-corrected chi connectivity index (χ4v) is 5.22. The first-order valence-electron chi connectivity index (χ1n) is 12.1. The van der Waals surface area contributed by atoms with Gasteiger partial charge in [-0.25, -0.2) is 4.79 Å². The van der Waals surface area contributed by atoms with E-state index in [4.69, 9.17) is 4.74 Å². The molecule has 0 aromatic heterocycles. The van der Waals surface area contributed by atoms with Crippen molar-refractivity contribution >= 4 is 18.0 Å². The lowest BCUT2D eigenvalue weighted by atomic mass is 9.84. The quantitative estimate of drug-likeness (QED) is 0.535. The maximum atomic E-state index is 12.9. The third kappa shape index (κ3) is 5.08. The van der Waals surface area contributed by atoms with Gasteiger partial charge >= 0.3 is 12.1 Å². The van der Waals surface area contributed by atoms with Crippen molar-refractivity contribution in [1.82, 2.24) is 10.6 Å². The molecule has 4 rings (SSSR count). The summed E-state index contributed by atoms with van der Waals surface area (Å²) in [5.41, 5.74) is 4.54. The van der Waals surface area contributed by atoms with Crippen LogP contribution >= 0.6 is 0 Å². The van der Waals surface area contributed by atoms with Gasteiger partial charge in [0.2, 0.25) is 5.91 Å². The predicted molar refractivity (Wildman–Crippen MR) is 128 cm³/mol. The molecule has 0 radical (unpaired) electrons. The summed E-state index contributed by atoms with van der Waals surface area (Å²) in [6.07, 6.45) is 3.40. The van der Waals surface area contributed by atoms with Gasteiger partial charge in [-0.3, -0.25) is 9.59 Å². The van der Waals surface area contributed by atoms with Gasteiger partial charge < -0.3 is 20.5 Å². The third-order valence-electron chi connectivity index (χ3n) is 6.94. The van der Waals surface area contributed by atoms with Gasteiger partial charge in [-0.15, -0.1) is 0 Å². The van der Waals surface area contributed by atoms with Crippen LogP contribution in [-0.4, -0.2) is 41.8 Å². The Kier molecular flexibility index (Phi) is 7.50. The zero-order valence-corrected chi connectivity index (χ0v) is 19.5. The maximum Gasteiger partial charge on any atom is 0.407 e. The van der Waals surface area contributed by atoms with E-state index in [2.05, 4.69) is 34.9 Å². The molecule has 180 valence electrons. The highest BCUT2D eigenvalue weighted by Crippen LogP contribution is 2.44. The molecule has 0 heterocycles. The van der Waals surface area contributed by atoms with E-state index in [1.54, 1.807) is 0 Å². The summed E-state index contributed by atoms with van der Waals surface area (Å²) < 4.78 is 5.59. The summed E-state index contributed by atoms with van der Waals surface area (Å²) in [5, 5.41) is 15.1. The van der Waals surface area contributed by atoms with Gasteiger partial charge in [0.05, 0.1) is 5.92 Å². The van der Waals surface area contributed by atoms with Crippen LogP contribution in [0, 0.1) is 5.92 Å². The molecule has 7 nitrogen and oxygen atoms in total. The van der Waals surface area contributed by atoms with E-state index in [0.717, 1.165) is 35.1 Å². The monoisotopic (exact) mass is 464 g/mol. The number of aliphatic carboxylic acids is 1. The number of rotatable bonds is 8. The number of carbonyl (C=O) groups excluding carboxylic acids is 2. The van der Waals surface area contributed by atoms with Crippen LogP contribution in [0.15, 0.2) is 48.5 Å². The number of hydrogen-bond acceptors (Lipinski definition) is 4. The van der Waals surface area contributed by atoms with Crippen LogP contribution in [-0.2, 0) is 14.3 Å². The zero-order chi connectivity index (χ0) is 24.1. The summed E-state index contributed by atoms with van der Waals surface area (Å²) in [6, 6.07) is 15.0. The summed E-state index contributed by atoms with van der Waals surface area (Å²) in [7, 11) is 0. The first kappa shape index (κ1) is 23.8. The van der Waals surface area contributed by atoms with Crippen molar-refractivity contribution in [2.24, 2.45) is 5.92 Å². The van der Waals surface area contributed by atoms with Crippen molar-refractivity contribution in [3.8, 4) is 11.1 Å². The smallest absolute Gasteiger partial charge is 0.407 e. The van der Waals surface area contributed by atoms with Gasteiger partial charge in [-0.05, 0) is 41.5 Å². The highest BCUT2D eigenvalue weighted by atomic mass is 16.5. The standard InChI is InChI=1S/C27H32N2O5/c1-2-9-24(25(30)28-23-15-8-7-14-21(23)26(31)32)29-27(33)34-16-22-19-12-5-3-10-17(19)18-11-4-6-13-20(18)22/h3-6,10-13,21-24H,2,7-9,14-16H2,1H3,(H,28,30)(H,29,33)(H,31,32). The van der Waals surface area contributed by atoms with Crippen molar-refractivity contribution < 1.29 is 24.2 Å². The maximum absolute atomic E-state index is 12.9. The summed E-state index contributed by atoms with van der Waals surface area (Å²) >= 11 is 0. The molecule has 2 aliphatic carbocycles. The molecule has 2 amide bonds. The van der Waals surface area contributed by atoms with Crippen LogP contribution in [0.5, 0.6) is 0 Å². The first-order valence-corrected chi connectivity index (χ1v) is 12.1. The van der Waals surface area contributed by atoms with E-state index in [1.165, 1.54) is 0 Å². The highest BCUT2D eigenvalue weighted by molar-refractivity contribution is 5.86. The molecule has 34 heavy (non-hydrogen) atoms. The molecule has 0 spiro atoms. The van der Waals surface area contributed by atoms with Crippen molar-refractivity contribution in [3.63, 3.8) is 0 Å². The topological polar surface area (TPSA) is 105 Å². The van der Waals surface area contributed by atoms with Gasteiger partial charge in [-0.1, -0.05) is 74.7 Å². The van der Waals surface area contributed by atoms with Crippen LogP contribution in [0.2, 0.25) is 0 Å². The molecule has 2 aromatic rings. The molecule has 0 saturated heterocycles. The number of fused-ring (bicyclic) bond motifs is 3. The Balaban J connectivity index is 1.38. The lowest BCUT2D eigenvalue weighted by Gasteiger charge is -2.30. The summed E-state index contributed by atoms with van der Waals surface area (Å²) in [5.74, 6) is -1.89. The van der Waals surface area contributed by atoms with Crippen LogP contribution in [0.3, 0.4) is 0 Å². The van der Waals surface area contributed by atoms with Gasteiger partial charge in [0.15, 0.2) is 0 Å². The minimum atomic E-state index is -0.887. The Morgan fingerprint density at radius 1 is 1.00 bits per heavy atom. The molecule has 1 saturated carbocycles. The van der Waals surface area contributed by atoms with E-state index in [1.807, 2.05) is 31.2 Å². The molecule has 1 fully saturated rings. The Hall–Kier alpha value is -3.35.